The van der Waals surface area contributed by atoms with Crippen LogP contribution >= 0.6 is 0 Å². The number of hydrogen-bond donors (Lipinski definition) is 2. The van der Waals surface area contributed by atoms with E-state index in [2.05, 4.69) is 20.4 Å². The number of anilines is 6. The lowest BCUT2D eigenvalue weighted by molar-refractivity contribution is -0.294. The molecule has 86 heavy (non-hydrogen) atoms. The van der Waals surface area contributed by atoms with Gasteiger partial charge in [0, 0.05) is 117 Å². The van der Waals surface area contributed by atoms with Crippen LogP contribution in [-0.2, 0) is 31.2 Å². The van der Waals surface area contributed by atoms with Gasteiger partial charge in [-0.05, 0) is 243 Å². The normalized spacial score (nSPS) is 28.2. The predicted octanol–water partition coefficient (Wildman–Crippen LogP) is 10.2. The molecule has 0 atom stereocenters. The molecule has 0 spiro atoms. The number of nitrogens with one attached hydrogen (secondary N) is 2. The van der Waals surface area contributed by atoms with Crippen LogP contribution < -0.4 is 30.5 Å². The minimum atomic E-state index is -0.769. The summed E-state index contributed by atoms with van der Waals surface area (Å²) in [5.41, 5.74) is -9.00. The second-order valence-corrected chi connectivity index (χ2v) is 34.6. The van der Waals surface area contributed by atoms with E-state index < -0.39 is 66.5 Å². The van der Waals surface area contributed by atoms with Crippen molar-refractivity contribution in [2.75, 3.05) is 44.5 Å². The van der Waals surface area contributed by atoms with Gasteiger partial charge in [-0.2, -0.15) is 29.9 Å². The van der Waals surface area contributed by atoms with Gasteiger partial charge in [0.05, 0.1) is 0 Å². The zero-order valence-electron chi connectivity index (χ0n) is 57.6. The van der Waals surface area contributed by atoms with Gasteiger partial charge in [0.15, 0.2) is 0 Å². The van der Waals surface area contributed by atoms with Crippen molar-refractivity contribution in [3.63, 3.8) is 0 Å². The number of hydrogen-bond acceptors (Lipinski definition) is 18. The third-order valence-corrected chi connectivity index (χ3v) is 20.4. The lowest BCUT2D eigenvalue weighted by Crippen LogP contribution is -2.67. The summed E-state index contributed by atoms with van der Waals surface area (Å²) in [7, 11) is 3.71. The summed E-state index contributed by atoms with van der Waals surface area (Å²) >= 11 is 0. The highest BCUT2D eigenvalue weighted by Gasteiger charge is 2.57. The lowest BCUT2D eigenvalue weighted by Gasteiger charge is -2.57. The van der Waals surface area contributed by atoms with Crippen LogP contribution in [0.5, 0.6) is 0 Å². The molecule has 8 heterocycles. The first kappa shape index (κ1) is 68.3. The zero-order valence-corrected chi connectivity index (χ0v) is 57.6. The smallest absolute Gasteiger partial charge is 0.251 e. The minimum absolute atomic E-state index is 0.214. The first-order chi connectivity index (χ1) is 38.8. The second kappa shape index (κ2) is 22.0. The van der Waals surface area contributed by atoms with Crippen molar-refractivity contribution in [1.29, 1.82) is 0 Å². The largest absolute Gasteiger partial charge is 0.351 e. The van der Waals surface area contributed by atoms with E-state index in [1.807, 2.05) is 180 Å². The maximum atomic E-state index is 14.1. The molecule has 2 N–H and O–H groups in total. The van der Waals surface area contributed by atoms with Crippen LogP contribution in [0, 0.1) is 0 Å². The summed E-state index contributed by atoms with van der Waals surface area (Å²) in [6.07, 6.45) is 6.00. The molecule has 6 aliphatic rings. The molecule has 6 radical (unpaired) electrons. The second-order valence-electron chi connectivity index (χ2n) is 34.6. The third-order valence-electron chi connectivity index (χ3n) is 20.4. The first-order valence-corrected chi connectivity index (χ1v) is 31.7. The summed E-state index contributed by atoms with van der Waals surface area (Å²) in [5, 5.41) is 102. The van der Waals surface area contributed by atoms with E-state index in [-0.39, 0.29) is 48.1 Å². The molecule has 0 amide bonds. The van der Waals surface area contributed by atoms with Gasteiger partial charge in [-0.15, -0.1) is 61.6 Å². The fraction of sp³-hybridized carbons (Fsp3) is 0.903. The molecule has 0 bridgehead atoms. The van der Waals surface area contributed by atoms with Gasteiger partial charge in [0.25, 0.3) is 11.9 Å². The molecule has 0 unspecified atom stereocenters. The van der Waals surface area contributed by atoms with E-state index in [9.17, 15) is 31.2 Å². The Morgan fingerprint density at radius 2 is 0.442 bits per heavy atom. The minimum Gasteiger partial charge on any atom is -0.351 e. The van der Waals surface area contributed by atoms with E-state index in [0.29, 0.717) is 101 Å². The van der Waals surface area contributed by atoms with Gasteiger partial charge in [0.2, 0.25) is 23.8 Å². The molecule has 24 nitrogen and oxygen atoms in total. The maximum Gasteiger partial charge on any atom is 0.251 e. The Morgan fingerprint density at radius 3 is 0.628 bits per heavy atom. The molecule has 0 saturated carbocycles. The molecular formula is C62H110N18O6. The summed E-state index contributed by atoms with van der Waals surface area (Å²) in [4.78, 5) is 36.8. The number of aromatic nitrogens is 6. The maximum absolute atomic E-state index is 14.1. The van der Waals surface area contributed by atoms with E-state index in [1.165, 1.54) is 30.4 Å². The van der Waals surface area contributed by atoms with E-state index in [1.54, 1.807) is 10.0 Å². The SMILES string of the molecule is CN(c1nc(NC2CC(C)(C)N([O])C(C)(C)C2)nc(N(C2CC(C)(C)N([O])C(C)(C)C2)C2CC(C)(C)N([O])C(C)(C)C2)n1)N(C)c1nc(NC2CC(C)(C)N([O])C(C)(C)C2)nc(N(C2CC(C)(C)N([O])C(C)(C)C2)C2CC(C)(C)N([O])C(C)(C)C2)n1. The topological polar surface area (TPSA) is 253 Å². The molecule has 6 saturated heterocycles. The number of hydroxylamine groups is 12. The molecule has 24 heteroatoms. The molecule has 0 aliphatic carbocycles. The van der Waals surface area contributed by atoms with Crippen LogP contribution in [0.3, 0.4) is 0 Å². The van der Waals surface area contributed by atoms with Crippen LogP contribution in [-0.4, -0.2) is 177 Å². The van der Waals surface area contributed by atoms with Crippen molar-refractivity contribution in [1.82, 2.24) is 60.3 Å². The summed E-state index contributed by atoms with van der Waals surface area (Å²) < 4.78 is 0. The molecule has 6 aliphatic heterocycles. The van der Waals surface area contributed by atoms with Crippen LogP contribution in [0.2, 0.25) is 0 Å². The molecule has 6 fully saturated rings. The van der Waals surface area contributed by atoms with Gasteiger partial charge in [-0.3, -0.25) is 10.0 Å². The lowest BCUT2D eigenvalue weighted by atomic mass is 9.74. The third kappa shape index (κ3) is 13.1. The standard InChI is InChI=1S/C62H110N18O6/c1-51(2)27-39(28-52(3,4)75(51)81)63-45-65-47(69-49(67-45)73(41-31-55(9,10)77(83)56(11,12)32-41)42-33-57(13,14)78(84)58(15,16)34-42)71(25)72(26)48-66-46(64-40-29-53(5,6)76(82)54(7,8)30-40)68-50(70-48)74(43-35-59(17,18)79(85)60(19,20)36-43)44-37-61(21,22)80(86)62(23,24)38-44/h39-44H,27-38H2,1-26H3,(H,63,65,67,69)(H,64,66,68,70). The van der Waals surface area contributed by atoms with Crippen LogP contribution in [0.4, 0.5) is 35.7 Å². The molecular weight excluding hydrogens is 1090 g/mol. The van der Waals surface area contributed by atoms with Gasteiger partial charge in [-0.1, -0.05) is 0 Å². The Kier molecular flexibility index (Phi) is 17.5. The molecule has 484 valence electrons. The fourth-order valence-corrected chi connectivity index (χ4v) is 17.6. The Balaban J connectivity index is 1.33. The highest BCUT2D eigenvalue weighted by atomic mass is 16.5. The van der Waals surface area contributed by atoms with E-state index >= 15 is 0 Å². The average Bonchev–Trinajstić information content (AvgIpc) is 0.997. The fourth-order valence-electron chi connectivity index (χ4n) is 17.6. The van der Waals surface area contributed by atoms with Crippen molar-refractivity contribution in [3.8, 4) is 0 Å². The summed E-state index contributed by atoms with van der Waals surface area (Å²) in [5.74, 6) is 1.87. The van der Waals surface area contributed by atoms with Crippen molar-refractivity contribution in [3.05, 3.63) is 0 Å². The van der Waals surface area contributed by atoms with Crippen molar-refractivity contribution in [2.45, 2.75) is 346 Å². The van der Waals surface area contributed by atoms with Crippen LogP contribution in [0.25, 0.3) is 0 Å². The highest BCUT2D eigenvalue weighted by molar-refractivity contribution is 5.54. The van der Waals surface area contributed by atoms with Crippen molar-refractivity contribution in [2.24, 2.45) is 0 Å². The van der Waals surface area contributed by atoms with Gasteiger partial charge >= 0.3 is 0 Å². The summed E-state index contributed by atoms with van der Waals surface area (Å²) in [6.45, 7) is 47.6. The average molecular weight is 1200 g/mol. The first-order valence-electron chi connectivity index (χ1n) is 31.7. The van der Waals surface area contributed by atoms with Crippen LogP contribution in [0.15, 0.2) is 0 Å². The summed E-state index contributed by atoms with van der Waals surface area (Å²) in [6, 6.07) is -1.40. The van der Waals surface area contributed by atoms with Crippen molar-refractivity contribution >= 4 is 35.7 Å². The quantitative estimate of drug-likeness (QED) is 0.177. The van der Waals surface area contributed by atoms with Crippen LogP contribution in [0.1, 0.15) is 243 Å². The number of hydrazine groups is 1. The molecule has 0 aromatic carbocycles. The zero-order chi connectivity index (χ0) is 64.8. The Bertz CT molecular complexity index is 2390. The monoisotopic (exact) mass is 1200 g/mol. The van der Waals surface area contributed by atoms with Gasteiger partial charge in [-0.25, -0.2) is 0 Å². The number of piperidine rings is 6. The van der Waals surface area contributed by atoms with E-state index in [4.69, 9.17) is 29.9 Å². The van der Waals surface area contributed by atoms with E-state index in [0.717, 1.165) is 0 Å². The molecule has 8 rings (SSSR count). The number of rotatable bonds is 13. The molecule has 2 aromatic heterocycles. The van der Waals surface area contributed by atoms with Gasteiger partial charge < -0.3 is 20.4 Å². The van der Waals surface area contributed by atoms with Gasteiger partial charge in [0.1, 0.15) is 0 Å². The van der Waals surface area contributed by atoms with Crippen molar-refractivity contribution < 1.29 is 31.2 Å². The predicted molar refractivity (Wildman–Crippen MR) is 331 cm³/mol. The Hall–Kier alpha value is -3.66. The number of nitrogens with zero attached hydrogens (tertiary/aromatic N) is 16. The molecule has 2 aromatic rings. The Morgan fingerprint density at radius 1 is 0.279 bits per heavy atom. The Labute approximate surface area is 515 Å². The highest BCUT2D eigenvalue weighted by Crippen LogP contribution is 2.49.